The van der Waals surface area contributed by atoms with Crippen LogP contribution in [0.25, 0.3) is 0 Å². The van der Waals surface area contributed by atoms with Crippen LogP contribution in [-0.4, -0.2) is 22.2 Å². The fourth-order valence-corrected chi connectivity index (χ4v) is 1.82. The zero-order chi connectivity index (χ0) is 13.4. The highest BCUT2D eigenvalue weighted by Gasteiger charge is 2.03. The average Bonchev–Trinajstić information content (AvgIpc) is 2.37. The van der Waals surface area contributed by atoms with Crippen LogP contribution in [-0.2, 0) is 13.1 Å². The minimum absolute atomic E-state index is 0.222. The SMILES string of the molecule is CCCCCNCCn1c(=O)ccn(CC)c1=O. The highest BCUT2D eigenvalue weighted by Crippen LogP contribution is 1.90. The van der Waals surface area contributed by atoms with Crippen molar-refractivity contribution in [1.82, 2.24) is 14.5 Å². The Morgan fingerprint density at radius 3 is 2.61 bits per heavy atom. The van der Waals surface area contributed by atoms with E-state index in [1.807, 2.05) is 6.92 Å². The van der Waals surface area contributed by atoms with Crippen molar-refractivity contribution in [3.05, 3.63) is 33.1 Å². The predicted molar refractivity (Wildman–Crippen MR) is 73.0 cm³/mol. The third-order valence-corrected chi connectivity index (χ3v) is 2.95. The largest absolute Gasteiger partial charge is 0.330 e. The van der Waals surface area contributed by atoms with Gasteiger partial charge >= 0.3 is 5.69 Å². The maximum atomic E-state index is 11.9. The molecule has 1 N–H and O–H groups in total. The highest BCUT2D eigenvalue weighted by molar-refractivity contribution is 4.86. The zero-order valence-electron chi connectivity index (χ0n) is 11.3. The molecule has 0 aliphatic heterocycles. The molecule has 0 unspecified atom stereocenters. The average molecular weight is 253 g/mol. The Morgan fingerprint density at radius 1 is 1.17 bits per heavy atom. The van der Waals surface area contributed by atoms with Gasteiger partial charge in [-0.05, 0) is 19.9 Å². The van der Waals surface area contributed by atoms with E-state index in [2.05, 4.69) is 12.2 Å². The van der Waals surface area contributed by atoms with Crippen LogP contribution in [0.4, 0.5) is 0 Å². The smallest absolute Gasteiger partial charge is 0.315 e. The quantitative estimate of drug-likeness (QED) is 0.698. The van der Waals surface area contributed by atoms with Gasteiger partial charge in [-0.3, -0.25) is 9.36 Å². The Balaban J connectivity index is 2.52. The first-order valence-corrected chi connectivity index (χ1v) is 6.71. The fourth-order valence-electron chi connectivity index (χ4n) is 1.82. The summed E-state index contributed by atoms with van der Waals surface area (Å²) in [5.41, 5.74) is -0.444. The topological polar surface area (TPSA) is 56.0 Å². The van der Waals surface area contributed by atoms with Crippen molar-refractivity contribution < 1.29 is 0 Å². The molecule has 0 radical (unpaired) electrons. The summed E-state index contributed by atoms with van der Waals surface area (Å²) in [5.74, 6) is 0. The molecule has 1 heterocycles. The van der Waals surface area contributed by atoms with Gasteiger partial charge in [0.15, 0.2) is 0 Å². The van der Waals surface area contributed by atoms with E-state index >= 15 is 0 Å². The van der Waals surface area contributed by atoms with E-state index in [9.17, 15) is 9.59 Å². The monoisotopic (exact) mass is 253 g/mol. The van der Waals surface area contributed by atoms with Gasteiger partial charge in [-0.25, -0.2) is 4.79 Å². The molecule has 0 spiro atoms. The molecule has 0 aliphatic rings. The number of aromatic nitrogens is 2. The van der Waals surface area contributed by atoms with Crippen LogP contribution in [0.2, 0.25) is 0 Å². The second-order valence-electron chi connectivity index (χ2n) is 4.33. The summed E-state index contributed by atoms with van der Waals surface area (Å²) >= 11 is 0. The Kier molecular flexibility index (Phi) is 6.43. The summed E-state index contributed by atoms with van der Waals surface area (Å²) in [4.78, 5) is 23.5. The summed E-state index contributed by atoms with van der Waals surface area (Å²) < 4.78 is 2.83. The Bertz CT molecular complexity index is 462. The van der Waals surface area contributed by atoms with E-state index in [1.54, 1.807) is 10.8 Å². The third kappa shape index (κ3) is 4.14. The highest BCUT2D eigenvalue weighted by atomic mass is 16.2. The predicted octanol–water partition coefficient (Wildman–Crippen LogP) is 0.810. The summed E-state index contributed by atoms with van der Waals surface area (Å²) in [5, 5.41) is 3.25. The number of nitrogens with zero attached hydrogens (tertiary/aromatic N) is 2. The molecule has 1 aromatic rings. The molecule has 0 atom stereocenters. The second-order valence-corrected chi connectivity index (χ2v) is 4.33. The van der Waals surface area contributed by atoms with Gasteiger partial charge in [-0.2, -0.15) is 0 Å². The number of aryl methyl sites for hydroxylation is 1. The Labute approximate surface area is 107 Å². The molecule has 5 heteroatoms. The molecule has 0 aromatic carbocycles. The van der Waals surface area contributed by atoms with Crippen LogP contribution in [0.1, 0.15) is 33.1 Å². The normalized spacial score (nSPS) is 10.8. The zero-order valence-corrected chi connectivity index (χ0v) is 11.3. The van der Waals surface area contributed by atoms with E-state index in [-0.39, 0.29) is 11.2 Å². The third-order valence-electron chi connectivity index (χ3n) is 2.95. The Hall–Kier alpha value is -1.36. The van der Waals surface area contributed by atoms with Gasteiger partial charge in [0.1, 0.15) is 0 Å². The van der Waals surface area contributed by atoms with Crippen molar-refractivity contribution in [2.45, 2.75) is 46.2 Å². The maximum absolute atomic E-state index is 11.9. The van der Waals surface area contributed by atoms with Crippen LogP contribution in [0.3, 0.4) is 0 Å². The van der Waals surface area contributed by atoms with Gasteiger partial charge in [0, 0.05) is 31.9 Å². The number of unbranched alkanes of at least 4 members (excludes halogenated alkanes) is 2. The molecular formula is C13H23N3O2. The molecule has 0 saturated carbocycles. The van der Waals surface area contributed by atoms with E-state index in [0.29, 0.717) is 19.6 Å². The molecule has 0 bridgehead atoms. The van der Waals surface area contributed by atoms with E-state index < -0.39 is 0 Å². The molecule has 0 saturated heterocycles. The second kappa shape index (κ2) is 7.87. The van der Waals surface area contributed by atoms with Crippen molar-refractivity contribution in [1.29, 1.82) is 0 Å². The summed E-state index contributed by atoms with van der Waals surface area (Å²) in [6.45, 7) is 6.67. The Morgan fingerprint density at radius 2 is 1.94 bits per heavy atom. The van der Waals surface area contributed by atoms with Crippen molar-refractivity contribution in [2.24, 2.45) is 0 Å². The number of hydrogen-bond donors (Lipinski definition) is 1. The van der Waals surface area contributed by atoms with E-state index in [1.165, 1.54) is 23.5 Å². The van der Waals surface area contributed by atoms with Gasteiger partial charge in [0.25, 0.3) is 5.56 Å². The van der Waals surface area contributed by atoms with E-state index in [0.717, 1.165) is 13.0 Å². The van der Waals surface area contributed by atoms with Gasteiger partial charge < -0.3 is 9.88 Å². The van der Waals surface area contributed by atoms with Gasteiger partial charge in [-0.15, -0.1) is 0 Å². The maximum Gasteiger partial charge on any atom is 0.330 e. The first-order valence-electron chi connectivity index (χ1n) is 6.71. The van der Waals surface area contributed by atoms with Gasteiger partial charge in [0.2, 0.25) is 0 Å². The lowest BCUT2D eigenvalue weighted by molar-refractivity contribution is 0.522. The molecular weight excluding hydrogens is 230 g/mol. The van der Waals surface area contributed by atoms with Crippen LogP contribution in [0.15, 0.2) is 21.9 Å². The number of hydrogen-bond acceptors (Lipinski definition) is 3. The van der Waals surface area contributed by atoms with Gasteiger partial charge in [-0.1, -0.05) is 19.8 Å². The first kappa shape index (κ1) is 14.7. The molecule has 1 rings (SSSR count). The standard InChI is InChI=1S/C13H23N3O2/c1-3-5-6-8-14-9-11-16-12(17)7-10-15(4-2)13(16)18/h7,10,14H,3-6,8-9,11H2,1-2H3. The van der Waals surface area contributed by atoms with Crippen molar-refractivity contribution in [3.63, 3.8) is 0 Å². The molecule has 1 aromatic heterocycles. The van der Waals surface area contributed by atoms with Crippen molar-refractivity contribution >= 4 is 0 Å². The summed E-state index contributed by atoms with van der Waals surface area (Å²) in [6, 6.07) is 1.45. The molecule has 0 aliphatic carbocycles. The summed E-state index contributed by atoms with van der Waals surface area (Å²) in [6.07, 6.45) is 5.09. The molecule has 0 amide bonds. The van der Waals surface area contributed by atoms with Crippen molar-refractivity contribution in [2.75, 3.05) is 13.1 Å². The van der Waals surface area contributed by atoms with E-state index in [4.69, 9.17) is 0 Å². The van der Waals surface area contributed by atoms with Crippen LogP contribution in [0, 0.1) is 0 Å². The first-order chi connectivity index (χ1) is 8.70. The van der Waals surface area contributed by atoms with Gasteiger partial charge in [0.05, 0.1) is 0 Å². The lowest BCUT2D eigenvalue weighted by Gasteiger charge is -2.08. The number of nitrogens with one attached hydrogen (secondary N) is 1. The van der Waals surface area contributed by atoms with Crippen molar-refractivity contribution in [3.8, 4) is 0 Å². The summed E-state index contributed by atoms with van der Waals surface area (Å²) in [7, 11) is 0. The fraction of sp³-hybridized carbons (Fsp3) is 0.692. The lowest BCUT2D eigenvalue weighted by atomic mass is 10.2. The molecule has 18 heavy (non-hydrogen) atoms. The lowest BCUT2D eigenvalue weighted by Crippen LogP contribution is -2.41. The molecule has 102 valence electrons. The van der Waals surface area contributed by atoms with Crippen LogP contribution >= 0.6 is 0 Å². The van der Waals surface area contributed by atoms with Crippen LogP contribution < -0.4 is 16.6 Å². The minimum Gasteiger partial charge on any atom is -0.315 e. The number of rotatable bonds is 8. The minimum atomic E-state index is -0.222. The molecule has 0 fully saturated rings. The molecule has 5 nitrogen and oxygen atoms in total. The van der Waals surface area contributed by atoms with Crippen LogP contribution in [0.5, 0.6) is 0 Å².